The zero-order valence-electron chi connectivity index (χ0n) is 19.0. The van der Waals surface area contributed by atoms with Crippen LogP contribution in [-0.2, 0) is 23.2 Å². The number of hydrogen-bond acceptors (Lipinski definition) is 4. The normalized spacial score (nSPS) is 26.1. The standard InChI is InChI=1S/C23H38N4O2S/c1-18(2)27-13-6-7-20-15-19(9-10-23(20)27)16-25-12-5-8-21-17-26(14-11-22(21)25)30(28,29)24(3)4/h9-10,15,18,21-22H,5-8,11-14,16-17H2,1-4H3/t21-,22+/m1/s1. The highest BCUT2D eigenvalue weighted by atomic mass is 32.2. The molecule has 2 fully saturated rings. The van der Waals surface area contributed by atoms with Crippen molar-refractivity contribution in [3.05, 3.63) is 29.3 Å². The summed E-state index contributed by atoms with van der Waals surface area (Å²) < 4.78 is 28.2. The summed E-state index contributed by atoms with van der Waals surface area (Å²) in [6.45, 7) is 9.11. The molecule has 1 aromatic rings. The molecule has 0 amide bonds. The minimum absolute atomic E-state index is 0.441. The highest BCUT2D eigenvalue weighted by Gasteiger charge is 2.40. The first-order valence-electron chi connectivity index (χ1n) is 11.6. The van der Waals surface area contributed by atoms with Crippen molar-refractivity contribution in [3.8, 4) is 0 Å². The molecule has 0 radical (unpaired) electrons. The van der Waals surface area contributed by atoms with Crippen LogP contribution in [0.25, 0.3) is 0 Å². The number of piperidine rings is 2. The number of benzene rings is 1. The third-order valence-electron chi connectivity index (χ3n) is 7.24. The second-order valence-corrected chi connectivity index (χ2v) is 11.9. The van der Waals surface area contributed by atoms with Crippen LogP contribution in [0.2, 0.25) is 0 Å². The molecule has 0 saturated carbocycles. The lowest BCUT2D eigenvalue weighted by Crippen LogP contribution is -2.56. The van der Waals surface area contributed by atoms with Gasteiger partial charge in [0, 0.05) is 58.0 Å². The van der Waals surface area contributed by atoms with Gasteiger partial charge in [0.2, 0.25) is 0 Å². The Balaban J connectivity index is 1.46. The SMILES string of the molecule is CC(C)N1CCCc2cc(CN3CCC[C@@H]4CN(S(=O)(=O)N(C)C)CC[C@@H]43)ccc21. The van der Waals surface area contributed by atoms with Crippen LogP contribution in [0.4, 0.5) is 5.69 Å². The van der Waals surface area contributed by atoms with Gasteiger partial charge in [0.25, 0.3) is 10.2 Å². The molecule has 0 N–H and O–H groups in total. The summed E-state index contributed by atoms with van der Waals surface area (Å²) >= 11 is 0. The molecule has 6 nitrogen and oxygen atoms in total. The summed E-state index contributed by atoms with van der Waals surface area (Å²) in [6.07, 6.45) is 5.63. The van der Waals surface area contributed by atoms with Crippen LogP contribution in [0.3, 0.4) is 0 Å². The predicted molar refractivity (Wildman–Crippen MR) is 123 cm³/mol. The highest BCUT2D eigenvalue weighted by Crippen LogP contribution is 2.34. The molecule has 0 unspecified atom stereocenters. The summed E-state index contributed by atoms with van der Waals surface area (Å²) in [5.74, 6) is 0.441. The van der Waals surface area contributed by atoms with Crippen molar-refractivity contribution in [2.45, 2.75) is 64.6 Å². The van der Waals surface area contributed by atoms with Gasteiger partial charge in [0.05, 0.1) is 0 Å². The van der Waals surface area contributed by atoms with Crippen molar-refractivity contribution in [2.75, 3.05) is 45.2 Å². The number of nitrogens with zero attached hydrogens (tertiary/aromatic N) is 4. The molecule has 0 spiro atoms. The predicted octanol–water partition coefficient (Wildman–Crippen LogP) is 2.94. The molecule has 4 rings (SSSR count). The van der Waals surface area contributed by atoms with E-state index in [-0.39, 0.29) is 0 Å². The van der Waals surface area contributed by atoms with Crippen LogP contribution in [0, 0.1) is 5.92 Å². The topological polar surface area (TPSA) is 47.1 Å². The molecule has 0 aromatic heterocycles. The van der Waals surface area contributed by atoms with Gasteiger partial charge in [-0.3, -0.25) is 4.90 Å². The minimum Gasteiger partial charge on any atom is -0.369 e. The Labute approximate surface area is 183 Å². The first-order valence-corrected chi connectivity index (χ1v) is 13.0. The summed E-state index contributed by atoms with van der Waals surface area (Å²) in [7, 11) is -0.0459. The zero-order chi connectivity index (χ0) is 21.5. The summed E-state index contributed by atoms with van der Waals surface area (Å²) in [6, 6.07) is 8.11. The molecule has 2 saturated heterocycles. The summed E-state index contributed by atoms with van der Waals surface area (Å²) in [5.41, 5.74) is 4.31. The Bertz CT molecular complexity index is 855. The number of aryl methyl sites for hydroxylation is 1. The van der Waals surface area contributed by atoms with E-state index in [1.165, 1.54) is 34.0 Å². The Kier molecular flexibility index (Phi) is 6.45. The van der Waals surface area contributed by atoms with Crippen LogP contribution < -0.4 is 4.90 Å². The lowest BCUT2D eigenvalue weighted by molar-refractivity contribution is 0.0403. The lowest BCUT2D eigenvalue weighted by Gasteiger charge is -2.47. The first kappa shape index (κ1) is 22.1. The molecule has 2 atom stereocenters. The van der Waals surface area contributed by atoms with E-state index in [1.54, 1.807) is 18.4 Å². The van der Waals surface area contributed by atoms with E-state index in [0.29, 0.717) is 31.1 Å². The molecule has 168 valence electrons. The Hall–Kier alpha value is -1.15. The monoisotopic (exact) mass is 434 g/mol. The van der Waals surface area contributed by atoms with E-state index in [4.69, 9.17) is 0 Å². The van der Waals surface area contributed by atoms with E-state index in [0.717, 1.165) is 38.9 Å². The number of rotatable bonds is 5. The van der Waals surface area contributed by atoms with Gasteiger partial charge in [-0.2, -0.15) is 17.0 Å². The zero-order valence-corrected chi connectivity index (χ0v) is 19.9. The third kappa shape index (κ3) is 4.27. The molecule has 3 heterocycles. The van der Waals surface area contributed by atoms with E-state index in [1.807, 2.05) is 0 Å². The van der Waals surface area contributed by atoms with E-state index < -0.39 is 10.2 Å². The molecule has 1 aromatic carbocycles. The average Bonchev–Trinajstić information content (AvgIpc) is 2.72. The average molecular weight is 435 g/mol. The van der Waals surface area contributed by atoms with Gasteiger partial charge < -0.3 is 4.90 Å². The lowest BCUT2D eigenvalue weighted by atomic mass is 9.84. The second kappa shape index (κ2) is 8.77. The number of hydrogen-bond donors (Lipinski definition) is 0. The maximum atomic E-state index is 12.6. The van der Waals surface area contributed by atoms with Gasteiger partial charge in [-0.25, -0.2) is 0 Å². The molecular weight excluding hydrogens is 396 g/mol. The van der Waals surface area contributed by atoms with E-state index in [9.17, 15) is 8.42 Å². The van der Waals surface area contributed by atoms with E-state index in [2.05, 4.69) is 41.8 Å². The third-order valence-corrected chi connectivity index (χ3v) is 9.15. The fraction of sp³-hybridized carbons (Fsp3) is 0.739. The van der Waals surface area contributed by atoms with Gasteiger partial charge >= 0.3 is 0 Å². The highest BCUT2D eigenvalue weighted by molar-refractivity contribution is 7.86. The number of anilines is 1. The van der Waals surface area contributed by atoms with Gasteiger partial charge in [0.1, 0.15) is 0 Å². The van der Waals surface area contributed by atoms with Crippen molar-refractivity contribution in [2.24, 2.45) is 5.92 Å². The Morgan fingerprint density at radius 3 is 2.63 bits per heavy atom. The second-order valence-electron chi connectivity index (χ2n) is 9.73. The molecular formula is C23H38N4O2S. The number of fused-ring (bicyclic) bond motifs is 2. The molecule has 7 heteroatoms. The molecule has 3 aliphatic rings. The van der Waals surface area contributed by atoms with Crippen LogP contribution in [0.1, 0.15) is 50.7 Å². The molecule has 0 aliphatic carbocycles. The molecule has 3 aliphatic heterocycles. The maximum Gasteiger partial charge on any atom is 0.281 e. The van der Waals surface area contributed by atoms with Crippen molar-refractivity contribution in [3.63, 3.8) is 0 Å². The largest absolute Gasteiger partial charge is 0.369 e. The fourth-order valence-corrected chi connectivity index (χ4v) is 6.84. The molecule has 30 heavy (non-hydrogen) atoms. The van der Waals surface area contributed by atoms with Crippen molar-refractivity contribution < 1.29 is 8.42 Å². The van der Waals surface area contributed by atoms with Gasteiger partial charge in [-0.05, 0) is 75.6 Å². The van der Waals surface area contributed by atoms with Crippen molar-refractivity contribution in [1.29, 1.82) is 0 Å². The first-order chi connectivity index (χ1) is 14.3. The smallest absolute Gasteiger partial charge is 0.281 e. The van der Waals surface area contributed by atoms with Gasteiger partial charge in [-0.1, -0.05) is 12.1 Å². The van der Waals surface area contributed by atoms with Crippen molar-refractivity contribution >= 4 is 15.9 Å². The van der Waals surface area contributed by atoms with Crippen LogP contribution in [0.5, 0.6) is 0 Å². The van der Waals surface area contributed by atoms with Gasteiger partial charge in [0.15, 0.2) is 0 Å². The fourth-order valence-electron chi connectivity index (χ4n) is 5.66. The van der Waals surface area contributed by atoms with E-state index >= 15 is 0 Å². The van der Waals surface area contributed by atoms with Crippen LogP contribution in [0.15, 0.2) is 18.2 Å². The quantitative estimate of drug-likeness (QED) is 0.715. The maximum absolute atomic E-state index is 12.6. The Morgan fingerprint density at radius 2 is 1.90 bits per heavy atom. The number of likely N-dealkylation sites (tertiary alicyclic amines) is 1. The summed E-state index contributed by atoms with van der Waals surface area (Å²) in [4.78, 5) is 5.15. The molecule has 0 bridgehead atoms. The minimum atomic E-state index is -3.31. The van der Waals surface area contributed by atoms with Crippen molar-refractivity contribution in [1.82, 2.24) is 13.5 Å². The Morgan fingerprint density at radius 1 is 1.10 bits per heavy atom. The van der Waals surface area contributed by atoms with Crippen LogP contribution in [-0.4, -0.2) is 74.3 Å². The van der Waals surface area contributed by atoms with Gasteiger partial charge in [-0.15, -0.1) is 0 Å². The summed E-state index contributed by atoms with van der Waals surface area (Å²) in [5, 5.41) is 0. The van der Waals surface area contributed by atoms with Crippen LogP contribution >= 0.6 is 0 Å².